The summed E-state index contributed by atoms with van der Waals surface area (Å²) in [7, 11) is 0. The van der Waals surface area contributed by atoms with Crippen molar-refractivity contribution in [2.24, 2.45) is 5.84 Å². The van der Waals surface area contributed by atoms with E-state index in [9.17, 15) is 26.3 Å². The molecular weight excluding hydrogens is 262 g/mol. The molecule has 18 heavy (non-hydrogen) atoms. The van der Waals surface area contributed by atoms with Crippen LogP contribution in [0.5, 0.6) is 0 Å². The number of halogens is 6. The molecule has 0 radical (unpaired) electrons. The molecule has 1 rings (SSSR count). The molecule has 0 aliphatic heterocycles. The molecule has 3 N–H and O–H groups in total. The van der Waals surface area contributed by atoms with Crippen molar-refractivity contribution < 1.29 is 26.3 Å². The van der Waals surface area contributed by atoms with Gasteiger partial charge >= 0.3 is 6.18 Å². The molecule has 0 aliphatic carbocycles. The number of nitrogens with one attached hydrogen (secondary N) is 1. The van der Waals surface area contributed by atoms with Crippen LogP contribution >= 0.6 is 0 Å². The van der Waals surface area contributed by atoms with Gasteiger partial charge in [-0.1, -0.05) is 0 Å². The van der Waals surface area contributed by atoms with Crippen molar-refractivity contribution in [2.75, 3.05) is 0 Å². The molecular formula is C10H10F6N2. The van der Waals surface area contributed by atoms with E-state index in [2.05, 4.69) is 0 Å². The molecule has 1 atom stereocenters. The second-order valence-electron chi connectivity index (χ2n) is 3.66. The fourth-order valence-electron chi connectivity index (χ4n) is 1.51. The summed E-state index contributed by atoms with van der Waals surface area (Å²) in [6.07, 6.45) is -6.39. The van der Waals surface area contributed by atoms with Crippen LogP contribution < -0.4 is 11.3 Å². The largest absolute Gasteiger partial charge is 0.389 e. The van der Waals surface area contributed by atoms with E-state index in [1.807, 2.05) is 5.43 Å². The number of alkyl halides is 3. The average Bonchev–Trinajstić information content (AvgIpc) is 2.20. The van der Waals surface area contributed by atoms with Crippen LogP contribution in [0.3, 0.4) is 0 Å². The molecule has 0 spiro atoms. The average molecular weight is 272 g/mol. The van der Waals surface area contributed by atoms with E-state index in [-0.39, 0.29) is 0 Å². The molecule has 0 aromatic heterocycles. The third kappa shape index (κ3) is 3.88. The van der Waals surface area contributed by atoms with E-state index >= 15 is 0 Å². The van der Waals surface area contributed by atoms with Crippen LogP contribution in [0.25, 0.3) is 0 Å². The van der Waals surface area contributed by atoms with Gasteiger partial charge in [-0.2, -0.15) is 13.2 Å². The Morgan fingerprint density at radius 3 is 2.00 bits per heavy atom. The van der Waals surface area contributed by atoms with E-state index in [0.29, 0.717) is 12.1 Å². The van der Waals surface area contributed by atoms with Gasteiger partial charge in [0.2, 0.25) is 0 Å². The van der Waals surface area contributed by atoms with Crippen molar-refractivity contribution in [3.63, 3.8) is 0 Å². The Bertz CT molecular complexity index is 394. The van der Waals surface area contributed by atoms with E-state index in [1.54, 1.807) is 0 Å². The van der Waals surface area contributed by atoms with E-state index in [4.69, 9.17) is 5.84 Å². The number of hydrazine groups is 1. The first-order valence-electron chi connectivity index (χ1n) is 4.92. The van der Waals surface area contributed by atoms with E-state index in [0.717, 1.165) is 0 Å². The van der Waals surface area contributed by atoms with Gasteiger partial charge in [-0.05, 0) is 6.42 Å². The lowest BCUT2D eigenvalue weighted by atomic mass is 10.0. The van der Waals surface area contributed by atoms with Crippen molar-refractivity contribution in [1.29, 1.82) is 0 Å². The van der Waals surface area contributed by atoms with Gasteiger partial charge in [0.1, 0.15) is 17.5 Å². The second-order valence-corrected chi connectivity index (χ2v) is 3.66. The third-order valence-corrected chi connectivity index (χ3v) is 2.31. The first kappa shape index (κ1) is 14.8. The Hall–Kier alpha value is -1.28. The van der Waals surface area contributed by atoms with Gasteiger partial charge in [-0.25, -0.2) is 13.2 Å². The summed E-state index contributed by atoms with van der Waals surface area (Å²) in [5, 5.41) is 0. The number of hydrogen-bond acceptors (Lipinski definition) is 2. The van der Waals surface area contributed by atoms with Crippen molar-refractivity contribution in [1.82, 2.24) is 5.43 Å². The molecule has 0 aliphatic rings. The zero-order valence-corrected chi connectivity index (χ0v) is 8.99. The van der Waals surface area contributed by atoms with Crippen LogP contribution in [0.2, 0.25) is 0 Å². The monoisotopic (exact) mass is 272 g/mol. The minimum Gasteiger partial charge on any atom is -0.271 e. The van der Waals surface area contributed by atoms with Gasteiger partial charge < -0.3 is 0 Å². The lowest BCUT2D eigenvalue weighted by Gasteiger charge is -2.18. The smallest absolute Gasteiger partial charge is 0.271 e. The Kier molecular flexibility index (Phi) is 4.58. The minimum atomic E-state index is -4.47. The summed E-state index contributed by atoms with van der Waals surface area (Å²) in [5.41, 5.74) is 1.18. The maximum atomic E-state index is 13.3. The van der Waals surface area contributed by atoms with Gasteiger partial charge in [-0.3, -0.25) is 11.3 Å². The van der Waals surface area contributed by atoms with Crippen LogP contribution in [-0.4, -0.2) is 6.18 Å². The van der Waals surface area contributed by atoms with Crippen LogP contribution in [0.15, 0.2) is 12.1 Å². The maximum absolute atomic E-state index is 13.3. The highest BCUT2D eigenvalue weighted by atomic mass is 19.4. The number of benzene rings is 1. The lowest BCUT2D eigenvalue weighted by Crippen LogP contribution is -2.30. The zero-order valence-electron chi connectivity index (χ0n) is 8.99. The highest BCUT2D eigenvalue weighted by Crippen LogP contribution is 2.30. The fourth-order valence-corrected chi connectivity index (χ4v) is 1.51. The van der Waals surface area contributed by atoms with Gasteiger partial charge in [0.25, 0.3) is 0 Å². The van der Waals surface area contributed by atoms with Gasteiger partial charge in [0.05, 0.1) is 6.04 Å². The lowest BCUT2D eigenvalue weighted by molar-refractivity contribution is -0.136. The van der Waals surface area contributed by atoms with Crippen LogP contribution in [-0.2, 0) is 0 Å². The molecule has 1 aromatic rings. The normalized spacial score (nSPS) is 13.7. The predicted octanol–water partition coefficient (Wildman–Crippen LogP) is 2.95. The molecule has 0 amide bonds. The molecule has 1 unspecified atom stereocenters. The number of rotatable bonds is 4. The topological polar surface area (TPSA) is 38.0 Å². The molecule has 0 saturated carbocycles. The van der Waals surface area contributed by atoms with Crippen molar-refractivity contribution in [2.45, 2.75) is 25.1 Å². The zero-order chi connectivity index (χ0) is 13.9. The van der Waals surface area contributed by atoms with E-state index in [1.165, 1.54) is 0 Å². The Morgan fingerprint density at radius 2 is 1.61 bits per heavy atom. The first-order chi connectivity index (χ1) is 8.24. The molecule has 8 heteroatoms. The van der Waals surface area contributed by atoms with Crippen molar-refractivity contribution in [3.8, 4) is 0 Å². The number of nitrogens with two attached hydrogens (primary N) is 1. The highest BCUT2D eigenvalue weighted by Gasteiger charge is 2.30. The minimum absolute atomic E-state index is 0.385. The fraction of sp³-hybridized carbons (Fsp3) is 0.400. The summed E-state index contributed by atoms with van der Waals surface area (Å²) in [6.45, 7) is 0. The van der Waals surface area contributed by atoms with Crippen LogP contribution in [0.4, 0.5) is 26.3 Å². The van der Waals surface area contributed by atoms with Crippen LogP contribution in [0, 0.1) is 17.5 Å². The molecule has 0 heterocycles. The van der Waals surface area contributed by atoms with Crippen molar-refractivity contribution in [3.05, 3.63) is 35.1 Å². The molecule has 1 aromatic carbocycles. The number of hydrogen-bond donors (Lipinski definition) is 2. The maximum Gasteiger partial charge on any atom is 0.389 e. The molecule has 2 nitrogen and oxygen atoms in total. The quantitative estimate of drug-likeness (QED) is 0.502. The second kappa shape index (κ2) is 5.57. The predicted molar refractivity (Wildman–Crippen MR) is 51.7 cm³/mol. The Morgan fingerprint density at radius 1 is 1.11 bits per heavy atom. The summed E-state index contributed by atoms with van der Waals surface area (Å²) in [4.78, 5) is 0. The van der Waals surface area contributed by atoms with Gasteiger partial charge in [0.15, 0.2) is 0 Å². The van der Waals surface area contributed by atoms with Crippen LogP contribution in [0.1, 0.15) is 24.4 Å². The summed E-state index contributed by atoms with van der Waals surface area (Å²) >= 11 is 0. The standard InChI is InChI=1S/C10H10F6N2/c11-5-3-6(12)9(7(13)4-5)8(18-17)1-2-10(14,15)16/h3-4,8,18H,1-2,17H2. The summed E-state index contributed by atoms with van der Waals surface area (Å²) in [5.74, 6) is 1.25. The Balaban J connectivity index is 2.95. The molecule has 0 saturated heterocycles. The summed E-state index contributed by atoms with van der Waals surface area (Å²) in [6, 6.07) is -0.612. The third-order valence-electron chi connectivity index (χ3n) is 2.31. The molecule has 102 valence electrons. The van der Waals surface area contributed by atoms with Gasteiger partial charge in [-0.15, -0.1) is 0 Å². The highest BCUT2D eigenvalue weighted by molar-refractivity contribution is 5.24. The Labute approximate surface area is 98.7 Å². The SMILES string of the molecule is NNC(CCC(F)(F)F)c1c(F)cc(F)cc1F. The molecule has 0 fully saturated rings. The van der Waals surface area contributed by atoms with Gasteiger partial charge in [0, 0.05) is 24.1 Å². The van der Waals surface area contributed by atoms with E-state index < -0.39 is 48.1 Å². The first-order valence-corrected chi connectivity index (χ1v) is 4.92. The molecule has 0 bridgehead atoms. The van der Waals surface area contributed by atoms with Crippen molar-refractivity contribution >= 4 is 0 Å². The summed E-state index contributed by atoms with van der Waals surface area (Å²) < 4.78 is 75.3.